The van der Waals surface area contributed by atoms with Crippen LogP contribution in [-0.4, -0.2) is 15.9 Å². The summed E-state index contributed by atoms with van der Waals surface area (Å²) in [5.74, 6) is 0.499. The number of benzene rings is 1. The number of amides is 1. The van der Waals surface area contributed by atoms with E-state index in [2.05, 4.69) is 15.3 Å². The van der Waals surface area contributed by atoms with Crippen molar-refractivity contribution < 1.29 is 4.79 Å². The Morgan fingerprint density at radius 2 is 2.00 bits per heavy atom. The van der Waals surface area contributed by atoms with Crippen molar-refractivity contribution in [3.05, 3.63) is 57.0 Å². The minimum absolute atomic E-state index is 0.0668. The number of fused-ring (bicyclic) bond motifs is 3. The predicted octanol–water partition coefficient (Wildman–Crippen LogP) is 3.43. The van der Waals surface area contributed by atoms with Crippen molar-refractivity contribution in [3.8, 4) is 0 Å². The molecule has 0 atom stereocenters. The lowest BCUT2D eigenvalue weighted by molar-refractivity contribution is -0.116. The fourth-order valence-corrected chi connectivity index (χ4v) is 4.58. The molecule has 1 aromatic carbocycles. The van der Waals surface area contributed by atoms with E-state index < -0.39 is 0 Å². The first-order valence-electron chi connectivity index (χ1n) is 8.59. The van der Waals surface area contributed by atoms with Crippen LogP contribution in [0.1, 0.15) is 35.5 Å². The van der Waals surface area contributed by atoms with Crippen LogP contribution >= 0.6 is 11.3 Å². The molecule has 5 nitrogen and oxygen atoms in total. The van der Waals surface area contributed by atoms with Gasteiger partial charge in [-0.3, -0.25) is 9.59 Å². The molecule has 2 N–H and O–H groups in total. The van der Waals surface area contributed by atoms with E-state index in [0.29, 0.717) is 12.2 Å². The molecular weight excluding hydrogens is 334 g/mol. The van der Waals surface area contributed by atoms with Gasteiger partial charge in [0.25, 0.3) is 5.56 Å². The summed E-state index contributed by atoms with van der Waals surface area (Å²) >= 11 is 1.63. The Morgan fingerprint density at radius 1 is 1.20 bits per heavy atom. The molecule has 0 saturated heterocycles. The van der Waals surface area contributed by atoms with Crippen LogP contribution in [0.25, 0.3) is 10.2 Å². The molecule has 0 aliphatic heterocycles. The molecule has 0 bridgehead atoms. The molecule has 128 valence electrons. The van der Waals surface area contributed by atoms with Gasteiger partial charge < -0.3 is 10.3 Å². The second kappa shape index (κ2) is 6.80. The van der Waals surface area contributed by atoms with E-state index >= 15 is 0 Å². The normalized spacial score (nSPS) is 13.6. The second-order valence-electron chi connectivity index (χ2n) is 6.32. The molecule has 6 heteroatoms. The Hall–Kier alpha value is -2.47. The molecule has 0 saturated carbocycles. The van der Waals surface area contributed by atoms with Gasteiger partial charge >= 0.3 is 0 Å². The number of rotatable bonds is 4. The third-order valence-electron chi connectivity index (χ3n) is 4.52. The molecule has 25 heavy (non-hydrogen) atoms. The minimum atomic E-state index is -0.0839. The Labute approximate surface area is 149 Å². The molecule has 2 aromatic heterocycles. The summed E-state index contributed by atoms with van der Waals surface area (Å²) < 4.78 is 0. The van der Waals surface area contributed by atoms with Gasteiger partial charge in [0.05, 0.1) is 5.39 Å². The molecule has 4 rings (SSSR count). The van der Waals surface area contributed by atoms with Gasteiger partial charge in [0.15, 0.2) is 0 Å². The van der Waals surface area contributed by atoms with Gasteiger partial charge in [0.2, 0.25) is 5.91 Å². The second-order valence-corrected chi connectivity index (χ2v) is 7.40. The number of H-pyrrole nitrogens is 1. The van der Waals surface area contributed by atoms with E-state index in [1.807, 2.05) is 30.3 Å². The number of hydrogen-bond donors (Lipinski definition) is 2. The summed E-state index contributed by atoms with van der Waals surface area (Å²) in [6.07, 6.45) is 5.05. The van der Waals surface area contributed by atoms with Gasteiger partial charge in [0, 0.05) is 23.4 Å². The number of thiophene rings is 1. The SMILES string of the molecule is O=C(CCc1nc2sc3c(c2c(=O)[nH]1)CCCC3)Nc1ccccc1. The average molecular weight is 353 g/mol. The smallest absolute Gasteiger partial charge is 0.259 e. The van der Waals surface area contributed by atoms with E-state index in [1.54, 1.807) is 11.3 Å². The number of aryl methyl sites for hydroxylation is 3. The van der Waals surface area contributed by atoms with E-state index in [4.69, 9.17) is 0 Å². The molecule has 1 aliphatic rings. The summed E-state index contributed by atoms with van der Waals surface area (Å²) in [6.45, 7) is 0. The van der Waals surface area contributed by atoms with Crippen molar-refractivity contribution >= 4 is 33.1 Å². The van der Waals surface area contributed by atoms with Crippen LogP contribution in [0.3, 0.4) is 0 Å². The highest BCUT2D eigenvalue weighted by molar-refractivity contribution is 7.18. The number of carbonyl (C=O) groups excluding carboxylic acids is 1. The molecule has 1 amide bonds. The van der Waals surface area contributed by atoms with Crippen molar-refractivity contribution in [1.29, 1.82) is 0 Å². The molecule has 0 fully saturated rings. The standard InChI is InChI=1S/C19H19N3O2S/c23-16(20-12-6-2-1-3-7-12)11-10-15-21-18(24)17-13-8-4-5-9-14(13)25-19(17)22-15/h1-3,6-7H,4-5,8-11H2,(H,20,23)(H,21,22,24). The summed E-state index contributed by atoms with van der Waals surface area (Å²) in [7, 11) is 0. The highest BCUT2D eigenvalue weighted by Crippen LogP contribution is 2.33. The molecule has 0 radical (unpaired) electrons. The van der Waals surface area contributed by atoms with Crippen molar-refractivity contribution in [2.45, 2.75) is 38.5 Å². The summed E-state index contributed by atoms with van der Waals surface area (Å²) in [6, 6.07) is 9.35. The number of nitrogens with zero attached hydrogens (tertiary/aromatic N) is 1. The zero-order valence-corrected chi connectivity index (χ0v) is 14.6. The maximum Gasteiger partial charge on any atom is 0.259 e. The molecular formula is C19H19N3O2S. The highest BCUT2D eigenvalue weighted by Gasteiger charge is 2.19. The summed E-state index contributed by atoms with van der Waals surface area (Å²) in [5.41, 5.74) is 1.89. The van der Waals surface area contributed by atoms with Gasteiger partial charge in [-0.05, 0) is 43.4 Å². The molecule has 0 unspecified atom stereocenters. The monoisotopic (exact) mass is 353 g/mol. The number of hydrogen-bond acceptors (Lipinski definition) is 4. The van der Waals surface area contributed by atoms with Gasteiger partial charge in [0.1, 0.15) is 10.7 Å². The van der Waals surface area contributed by atoms with Crippen LogP contribution in [0.15, 0.2) is 35.1 Å². The number of aromatic amines is 1. The van der Waals surface area contributed by atoms with Crippen LogP contribution in [0.5, 0.6) is 0 Å². The Morgan fingerprint density at radius 3 is 2.84 bits per heavy atom. The number of carbonyl (C=O) groups is 1. The van der Waals surface area contributed by atoms with E-state index in [-0.39, 0.29) is 17.9 Å². The van der Waals surface area contributed by atoms with Crippen LogP contribution in [0.2, 0.25) is 0 Å². The van der Waals surface area contributed by atoms with E-state index in [1.165, 1.54) is 16.9 Å². The fraction of sp³-hybridized carbons (Fsp3) is 0.316. The van der Waals surface area contributed by atoms with Gasteiger partial charge in [-0.25, -0.2) is 4.98 Å². The Kier molecular flexibility index (Phi) is 4.36. The van der Waals surface area contributed by atoms with E-state index in [9.17, 15) is 9.59 Å². The lowest BCUT2D eigenvalue weighted by atomic mass is 9.97. The van der Waals surface area contributed by atoms with Crippen molar-refractivity contribution in [2.24, 2.45) is 0 Å². The summed E-state index contributed by atoms with van der Waals surface area (Å²) in [4.78, 5) is 34.1. The van der Waals surface area contributed by atoms with Crippen molar-refractivity contribution in [3.63, 3.8) is 0 Å². The van der Waals surface area contributed by atoms with Crippen molar-refractivity contribution in [1.82, 2.24) is 9.97 Å². The maximum absolute atomic E-state index is 12.5. The maximum atomic E-state index is 12.5. The van der Waals surface area contributed by atoms with Crippen LogP contribution in [0.4, 0.5) is 5.69 Å². The third kappa shape index (κ3) is 3.35. The highest BCUT2D eigenvalue weighted by atomic mass is 32.1. The van der Waals surface area contributed by atoms with E-state index in [0.717, 1.165) is 35.2 Å². The van der Waals surface area contributed by atoms with Crippen molar-refractivity contribution in [2.75, 3.05) is 5.32 Å². The molecule has 0 spiro atoms. The average Bonchev–Trinajstić information content (AvgIpc) is 2.99. The zero-order valence-electron chi connectivity index (χ0n) is 13.8. The zero-order chi connectivity index (χ0) is 17.2. The number of anilines is 1. The largest absolute Gasteiger partial charge is 0.326 e. The first-order valence-corrected chi connectivity index (χ1v) is 9.41. The first kappa shape index (κ1) is 16.0. The third-order valence-corrected chi connectivity index (χ3v) is 5.71. The molecule has 1 aliphatic carbocycles. The molecule has 2 heterocycles. The lowest BCUT2D eigenvalue weighted by Crippen LogP contribution is -2.16. The lowest BCUT2D eigenvalue weighted by Gasteiger charge is -2.09. The fourth-order valence-electron chi connectivity index (χ4n) is 3.30. The van der Waals surface area contributed by atoms with Crippen LogP contribution < -0.4 is 10.9 Å². The number of nitrogens with one attached hydrogen (secondary N) is 2. The topological polar surface area (TPSA) is 74.8 Å². The Balaban J connectivity index is 1.50. The van der Waals surface area contributed by atoms with Gasteiger partial charge in [-0.1, -0.05) is 18.2 Å². The van der Waals surface area contributed by atoms with Crippen LogP contribution in [-0.2, 0) is 24.1 Å². The van der Waals surface area contributed by atoms with Gasteiger partial charge in [-0.2, -0.15) is 0 Å². The number of para-hydroxylation sites is 1. The Bertz CT molecular complexity index is 975. The molecule has 3 aromatic rings. The summed E-state index contributed by atoms with van der Waals surface area (Å²) in [5, 5.41) is 3.61. The van der Waals surface area contributed by atoms with Crippen LogP contribution in [0, 0.1) is 0 Å². The predicted molar refractivity (Wildman–Crippen MR) is 100 cm³/mol. The van der Waals surface area contributed by atoms with Gasteiger partial charge in [-0.15, -0.1) is 11.3 Å². The quantitative estimate of drug-likeness (QED) is 0.754. The first-order chi connectivity index (χ1) is 12.2. The number of aromatic nitrogens is 2. The minimum Gasteiger partial charge on any atom is -0.326 e.